The Morgan fingerprint density at radius 1 is 0.309 bits per heavy atom. The number of rotatable bonds is 5. The predicted molar refractivity (Wildman–Crippen MR) is 341 cm³/mol. The van der Waals surface area contributed by atoms with Gasteiger partial charge < -0.3 is 39.2 Å². The molecule has 4 unspecified atom stereocenters. The number of nitrogens with zero attached hydrogens (tertiary/aromatic N) is 12. The maximum atomic E-state index is 4.54. The van der Waals surface area contributed by atoms with Gasteiger partial charge in [0.15, 0.2) is 23.3 Å². The molecule has 414 valence electrons. The first-order valence-corrected chi connectivity index (χ1v) is 28.3. The van der Waals surface area contributed by atoms with Gasteiger partial charge in [0.1, 0.15) is 24.7 Å². The zero-order valence-electron chi connectivity index (χ0n) is 49.7. The zero-order chi connectivity index (χ0) is 57.3. The SMILES string of the molecule is Cc1ccccc1N1c2cc(C(C)(C)C)ccc2N(c2ccccc2)C1C.Cc1ccccc1N1c2cccnc2N(C)C1C.Cc1ccccc1N1c2ncccc2N(C)C1C.Cc1ccccc1N1c2nccnc2N(C)C1C. The van der Waals surface area contributed by atoms with Crippen molar-refractivity contribution in [3.05, 3.63) is 222 Å². The van der Waals surface area contributed by atoms with Crippen molar-refractivity contribution in [2.75, 3.05) is 60.3 Å². The molecule has 0 radical (unpaired) electrons. The number of hydrogen-bond acceptors (Lipinski definition) is 12. The molecule has 0 fully saturated rings. The van der Waals surface area contributed by atoms with E-state index in [1.165, 1.54) is 79.0 Å². The van der Waals surface area contributed by atoms with E-state index in [1.807, 2.05) is 24.5 Å². The van der Waals surface area contributed by atoms with Crippen LogP contribution in [0.2, 0.25) is 0 Å². The number of aryl methyl sites for hydroxylation is 4. The summed E-state index contributed by atoms with van der Waals surface area (Å²) >= 11 is 0. The molecule has 0 spiro atoms. The maximum absolute atomic E-state index is 4.54. The lowest BCUT2D eigenvalue weighted by Gasteiger charge is -2.31. The monoisotopic (exact) mass is 1070 g/mol. The van der Waals surface area contributed by atoms with Crippen LogP contribution in [0.15, 0.2) is 195 Å². The van der Waals surface area contributed by atoms with Gasteiger partial charge in [0.2, 0.25) is 0 Å². The van der Waals surface area contributed by atoms with Crippen LogP contribution in [-0.2, 0) is 5.41 Å². The number of hydrogen-bond donors (Lipinski definition) is 0. The lowest BCUT2D eigenvalue weighted by molar-refractivity contribution is 0.590. The lowest BCUT2D eigenvalue weighted by atomic mass is 9.86. The Bertz CT molecular complexity index is 3380. The number of pyridine rings is 2. The molecule has 81 heavy (non-hydrogen) atoms. The third-order valence-corrected chi connectivity index (χ3v) is 16.4. The molecular formula is C69H78N12. The molecule has 7 heterocycles. The topological polar surface area (TPSA) is 77.5 Å². The fourth-order valence-corrected chi connectivity index (χ4v) is 11.5. The molecule has 4 atom stereocenters. The molecule has 0 saturated carbocycles. The van der Waals surface area contributed by atoms with Crippen LogP contribution in [-0.4, -0.2) is 65.7 Å². The average Bonchev–Trinajstić information content (AvgIpc) is 3.88. The highest BCUT2D eigenvalue weighted by atomic mass is 15.5. The largest absolute Gasteiger partial charge is 0.351 e. The van der Waals surface area contributed by atoms with Gasteiger partial charge >= 0.3 is 0 Å². The molecule has 0 bridgehead atoms. The van der Waals surface area contributed by atoms with Crippen molar-refractivity contribution in [3.63, 3.8) is 0 Å². The Hall–Kier alpha value is -8.90. The van der Waals surface area contributed by atoms with Gasteiger partial charge in [-0.25, -0.2) is 19.9 Å². The Balaban J connectivity index is 0.000000123. The smallest absolute Gasteiger partial charge is 0.178 e. The molecular weight excluding hydrogens is 997 g/mol. The summed E-state index contributed by atoms with van der Waals surface area (Å²) in [6.07, 6.45) is 8.20. The van der Waals surface area contributed by atoms with Crippen molar-refractivity contribution >= 4 is 74.5 Å². The fraction of sp³-hybridized carbons (Fsp3) is 0.275. The third kappa shape index (κ3) is 10.6. The number of fused-ring (bicyclic) bond motifs is 4. The minimum Gasteiger partial charge on any atom is -0.351 e. The highest BCUT2D eigenvalue weighted by Gasteiger charge is 2.38. The summed E-state index contributed by atoms with van der Waals surface area (Å²) in [6, 6.07) is 59.8. The Morgan fingerprint density at radius 3 is 1.23 bits per heavy atom. The molecule has 0 N–H and O–H groups in total. The van der Waals surface area contributed by atoms with Crippen LogP contribution < -0.4 is 39.2 Å². The van der Waals surface area contributed by atoms with Crippen LogP contribution in [0.5, 0.6) is 0 Å². The van der Waals surface area contributed by atoms with Crippen molar-refractivity contribution in [2.24, 2.45) is 0 Å². The second kappa shape index (κ2) is 23.1. The van der Waals surface area contributed by atoms with Gasteiger partial charge in [0.25, 0.3) is 0 Å². The van der Waals surface area contributed by atoms with Crippen LogP contribution in [0.3, 0.4) is 0 Å². The second-order valence-electron chi connectivity index (χ2n) is 22.5. The predicted octanol–water partition coefficient (Wildman–Crippen LogP) is 16.3. The number of anilines is 13. The fourth-order valence-electron chi connectivity index (χ4n) is 11.5. The van der Waals surface area contributed by atoms with E-state index in [4.69, 9.17) is 0 Å². The van der Waals surface area contributed by atoms with E-state index in [-0.39, 0.29) is 30.1 Å². The second-order valence-corrected chi connectivity index (χ2v) is 22.5. The van der Waals surface area contributed by atoms with E-state index in [0.29, 0.717) is 0 Å². The molecule has 4 aliphatic heterocycles. The first-order chi connectivity index (χ1) is 39.0. The van der Waals surface area contributed by atoms with Gasteiger partial charge in [-0.3, -0.25) is 0 Å². The molecule has 6 aromatic carbocycles. The van der Waals surface area contributed by atoms with E-state index >= 15 is 0 Å². The summed E-state index contributed by atoms with van der Waals surface area (Å²) in [5.41, 5.74) is 17.7. The van der Waals surface area contributed by atoms with E-state index in [0.717, 1.165) is 23.3 Å². The first-order valence-electron chi connectivity index (χ1n) is 28.3. The van der Waals surface area contributed by atoms with E-state index < -0.39 is 0 Å². The minimum absolute atomic E-state index is 0.121. The Kier molecular flexibility index (Phi) is 15.8. The maximum Gasteiger partial charge on any atom is 0.178 e. The van der Waals surface area contributed by atoms with Gasteiger partial charge in [-0.2, -0.15) is 0 Å². The summed E-state index contributed by atoms with van der Waals surface area (Å²) in [5.74, 6) is 3.96. The first kappa shape index (κ1) is 55.4. The van der Waals surface area contributed by atoms with Crippen LogP contribution >= 0.6 is 0 Å². The summed E-state index contributed by atoms with van der Waals surface area (Å²) in [7, 11) is 6.26. The zero-order valence-corrected chi connectivity index (χ0v) is 49.7. The number of aromatic nitrogens is 4. The summed E-state index contributed by atoms with van der Waals surface area (Å²) in [5, 5.41) is 0. The standard InChI is InChI=1S/C25H28N2.2C15H17N3.C14H16N4/c1-18-11-9-10-14-22(18)27-19(2)26(21-12-7-6-8-13-21)23-16-15-20(17-24(23)27)25(3,4)5;1-11-7-4-5-8-13(11)18-12(2)17(3)15-14(18)9-6-10-16-15;1-11-7-4-5-8-13(11)18-12(2)17(3)14-9-6-10-16-15(14)18;1-10-6-4-5-7-12(10)18-11(2)17(3)13-14(18)16-9-8-15-13/h6-17,19H,1-5H3;2*4-10,12H,1-3H3;4-9,11H,1-3H3. The Morgan fingerprint density at radius 2 is 0.704 bits per heavy atom. The molecule has 12 nitrogen and oxygen atoms in total. The highest BCUT2D eigenvalue weighted by molar-refractivity contribution is 5.90. The molecule has 4 aliphatic rings. The van der Waals surface area contributed by atoms with E-state index in [2.05, 4.69) is 314 Å². The Labute approximate surface area is 481 Å². The van der Waals surface area contributed by atoms with Crippen LogP contribution in [0.1, 0.15) is 76.3 Å². The van der Waals surface area contributed by atoms with Crippen LogP contribution in [0.25, 0.3) is 0 Å². The van der Waals surface area contributed by atoms with Gasteiger partial charge in [-0.15, -0.1) is 0 Å². The number of para-hydroxylation sites is 5. The summed E-state index contributed by atoms with van der Waals surface area (Å²) in [4.78, 5) is 36.3. The summed E-state index contributed by atoms with van der Waals surface area (Å²) in [6.45, 7) is 24.3. The van der Waals surface area contributed by atoms with Crippen molar-refractivity contribution in [3.8, 4) is 0 Å². The number of benzene rings is 6. The van der Waals surface area contributed by atoms with Gasteiger partial charge in [0, 0.05) is 74.4 Å². The van der Waals surface area contributed by atoms with Gasteiger partial charge in [-0.1, -0.05) is 118 Å². The molecule has 0 aliphatic carbocycles. The minimum atomic E-state index is 0.121. The van der Waals surface area contributed by atoms with Crippen molar-refractivity contribution in [1.82, 2.24) is 19.9 Å². The molecule has 0 saturated heterocycles. The van der Waals surface area contributed by atoms with Gasteiger partial charge in [0.05, 0.1) is 22.7 Å². The van der Waals surface area contributed by atoms with Crippen LogP contribution in [0.4, 0.5) is 74.5 Å². The average molecular weight is 1080 g/mol. The lowest BCUT2D eigenvalue weighted by Crippen LogP contribution is -2.36. The summed E-state index contributed by atoms with van der Waals surface area (Å²) < 4.78 is 0. The van der Waals surface area contributed by atoms with Crippen LogP contribution in [0, 0.1) is 27.7 Å². The molecule has 9 aromatic rings. The molecule has 12 heteroatoms. The normalized spacial score (nSPS) is 17.6. The quantitative estimate of drug-likeness (QED) is 0.165. The van der Waals surface area contributed by atoms with Crippen molar-refractivity contribution in [1.29, 1.82) is 0 Å². The molecule has 13 rings (SSSR count). The van der Waals surface area contributed by atoms with Crippen molar-refractivity contribution < 1.29 is 0 Å². The highest BCUT2D eigenvalue weighted by Crippen LogP contribution is 2.50. The molecule has 0 amide bonds. The third-order valence-electron chi connectivity index (χ3n) is 16.4. The van der Waals surface area contributed by atoms with E-state index in [1.54, 1.807) is 12.4 Å². The molecule has 3 aromatic heterocycles. The van der Waals surface area contributed by atoms with Crippen molar-refractivity contribution in [2.45, 2.75) is 106 Å². The van der Waals surface area contributed by atoms with E-state index in [9.17, 15) is 0 Å². The van der Waals surface area contributed by atoms with Gasteiger partial charge in [-0.05, 0) is 161 Å².